The van der Waals surface area contributed by atoms with Crippen molar-refractivity contribution in [1.29, 1.82) is 0 Å². The quantitative estimate of drug-likeness (QED) is 0.0477. The molecule has 0 spiro atoms. The molecule has 1 amide bonds. The Balaban J connectivity index is 0.000000329. The summed E-state index contributed by atoms with van der Waals surface area (Å²) in [6.45, 7) is 20.4. The summed E-state index contributed by atoms with van der Waals surface area (Å²) < 4.78 is 9.47. The number of halogens is 1. The summed E-state index contributed by atoms with van der Waals surface area (Å²) in [7, 11) is 0. The number of nitrogens with one attached hydrogen (secondary N) is 1. The van der Waals surface area contributed by atoms with E-state index in [1.807, 2.05) is 43.3 Å². The molecular formula is C55H68ClNO15. The first kappa shape index (κ1) is 61.1. The molecule has 72 heavy (non-hydrogen) atoms. The maximum atomic E-state index is 12.0. The molecule has 0 bridgehead atoms. The minimum atomic E-state index is -1.22. The van der Waals surface area contributed by atoms with Crippen LogP contribution in [0.4, 0.5) is 0 Å². The first-order valence-corrected chi connectivity index (χ1v) is 23.5. The number of aromatic carboxylic acids is 2. The van der Waals surface area contributed by atoms with Crippen LogP contribution in [0.5, 0.6) is 11.5 Å². The van der Waals surface area contributed by atoms with E-state index in [1.165, 1.54) is 25.5 Å². The van der Waals surface area contributed by atoms with E-state index in [0.29, 0.717) is 17.0 Å². The van der Waals surface area contributed by atoms with Crippen LogP contribution in [-0.2, 0) is 51.4 Å². The molecule has 1 unspecified atom stereocenters. The second kappa shape index (κ2) is 26.4. The van der Waals surface area contributed by atoms with E-state index in [4.69, 9.17) is 41.5 Å². The Bertz CT molecular complexity index is 2520. The molecule has 0 aliphatic heterocycles. The van der Waals surface area contributed by atoms with Crippen molar-refractivity contribution < 1.29 is 73.4 Å². The number of hydrogen-bond acceptors (Lipinski definition) is 10. The van der Waals surface area contributed by atoms with Gasteiger partial charge in [-0.05, 0) is 88.2 Å². The van der Waals surface area contributed by atoms with E-state index in [2.05, 4.69) is 46.0 Å². The third-order valence-corrected chi connectivity index (χ3v) is 11.7. The second-order valence-electron chi connectivity index (χ2n) is 20.1. The zero-order valence-electron chi connectivity index (χ0n) is 42.8. The van der Waals surface area contributed by atoms with Crippen molar-refractivity contribution in [1.82, 2.24) is 5.32 Å². The number of aliphatic carboxylic acids is 3. The Morgan fingerprint density at radius 1 is 0.681 bits per heavy atom. The Labute approximate surface area is 425 Å². The zero-order chi connectivity index (χ0) is 54.9. The summed E-state index contributed by atoms with van der Waals surface area (Å²) in [4.78, 5) is 88.7. The van der Waals surface area contributed by atoms with Crippen molar-refractivity contribution in [3.63, 3.8) is 0 Å². The number of ether oxygens (including phenoxy) is 2. The summed E-state index contributed by atoms with van der Waals surface area (Å²) in [5.41, 5.74) is 3.97. The van der Waals surface area contributed by atoms with Crippen molar-refractivity contribution in [2.75, 3.05) is 0 Å². The SMILES string of the molecule is CC(=O)Oc1cc(OC(C)=O)cc(C(=O)O)c1.CC(C)(C)C(=O)NC(CC(=O)O)c1ccc(Cl)cc1.CC(C)(C)c1cc(C(=O)O)c2c(c1)C(C)(C)CC2.CCCC(CC(=O)O)(CC(=O)O)c1ccccc1. The van der Waals surface area contributed by atoms with Crippen molar-refractivity contribution >= 4 is 59.3 Å². The molecule has 4 aromatic carbocycles. The monoisotopic (exact) mass is 1020 g/mol. The molecule has 0 fully saturated rings. The fourth-order valence-electron chi connectivity index (χ4n) is 7.82. The van der Waals surface area contributed by atoms with Gasteiger partial charge in [0.2, 0.25) is 5.91 Å². The highest BCUT2D eigenvalue weighted by molar-refractivity contribution is 6.30. The van der Waals surface area contributed by atoms with Gasteiger partial charge in [-0.3, -0.25) is 28.8 Å². The summed E-state index contributed by atoms with van der Waals surface area (Å²) in [5.74, 6) is -6.27. The zero-order valence-corrected chi connectivity index (χ0v) is 43.6. The van der Waals surface area contributed by atoms with E-state index < -0.39 is 58.7 Å². The fourth-order valence-corrected chi connectivity index (χ4v) is 7.95. The lowest BCUT2D eigenvalue weighted by Gasteiger charge is -2.31. The highest BCUT2D eigenvalue weighted by Crippen LogP contribution is 2.42. The van der Waals surface area contributed by atoms with Crippen LogP contribution in [-0.4, -0.2) is 73.2 Å². The van der Waals surface area contributed by atoms with Gasteiger partial charge in [0.15, 0.2) is 0 Å². The number of fused-ring (bicyclic) bond motifs is 1. The Morgan fingerprint density at radius 2 is 1.19 bits per heavy atom. The molecule has 0 aromatic heterocycles. The largest absolute Gasteiger partial charge is 0.481 e. The van der Waals surface area contributed by atoms with Crippen LogP contribution in [0.15, 0.2) is 84.9 Å². The van der Waals surface area contributed by atoms with Gasteiger partial charge in [-0.15, -0.1) is 0 Å². The number of carboxylic acid groups (broad SMARTS) is 5. The Morgan fingerprint density at radius 3 is 1.60 bits per heavy atom. The molecule has 390 valence electrons. The van der Waals surface area contributed by atoms with E-state index in [-0.39, 0.29) is 53.1 Å². The van der Waals surface area contributed by atoms with Gasteiger partial charge in [-0.2, -0.15) is 0 Å². The van der Waals surface area contributed by atoms with Crippen LogP contribution in [0.2, 0.25) is 5.02 Å². The molecule has 1 atom stereocenters. The maximum Gasteiger partial charge on any atom is 0.335 e. The highest BCUT2D eigenvalue weighted by atomic mass is 35.5. The lowest BCUT2D eigenvalue weighted by Crippen LogP contribution is -2.38. The van der Waals surface area contributed by atoms with Crippen LogP contribution >= 0.6 is 11.6 Å². The summed E-state index contributed by atoms with van der Waals surface area (Å²) in [6, 6.07) is 23.0. The molecular weight excluding hydrogens is 950 g/mol. The topological polar surface area (TPSA) is 268 Å². The molecule has 4 aromatic rings. The number of esters is 2. The third kappa shape index (κ3) is 19.6. The Kier molecular flexibility index (Phi) is 22.4. The molecule has 0 heterocycles. The third-order valence-electron chi connectivity index (χ3n) is 11.5. The average Bonchev–Trinajstić information content (AvgIpc) is 3.56. The number of benzene rings is 4. The predicted molar refractivity (Wildman–Crippen MR) is 271 cm³/mol. The van der Waals surface area contributed by atoms with Gasteiger partial charge in [0.1, 0.15) is 11.5 Å². The molecule has 1 aliphatic rings. The molecule has 0 saturated carbocycles. The van der Waals surface area contributed by atoms with Crippen LogP contribution in [0.1, 0.15) is 169 Å². The van der Waals surface area contributed by atoms with Gasteiger partial charge in [-0.1, -0.05) is 129 Å². The van der Waals surface area contributed by atoms with E-state index in [9.17, 15) is 43.5 Å². The van der Waals surface area contributed by atoms with Crippen LogP contribution < -0.4 is 14.8 Å². The van der Waals surface area contributed by atoms with Gasteiger partial charge in [0.25, 0.3) is 0 Å². The molecule has 5 rings (SSSR count). The maximum absolute atomic E-state index is 12.0. The molecule has 0 radical (unpaired) electrons. The van der Waals surface area contributed by atoms with Crippen molar-refractivity contribution in [3.05, 3.63) is 129 Å². The summed E-state index contributed by atoms with van der Waals surface area (Å²) in [6.07, 6.45) is 2.74. The van der Waals surface area contributed by atoms with E-state index >= 15 is 0 Å². The number of carbonyl (C=O) groups excluding carboxylic acids is 3. The van der Waals surface area contributed by atoms with Gasteiger partial charge in [0, 0.05) is 35.8 Å². The number of carbonyl (C=O) groups is 8. The first-order valence-electron chi connectivity index (χ1n) is 23.1. The van der Waals surface area contributed by atoms with Crippen molar-refractivity contribution in [3.8, 4) is 11.5 Å². The molecule has 0 saturated heterocycles. The number of rotatable bonds is 15. The minimum Gasteiger partial charge on any atom is -0.481 e. The lowest BCUT2D eigenvalue weighted by molar-refractivity contribution is -0.142. The van der Waals surface area contributed by atoms with Gasteiger partial charge >= 0.3 is 41.8 Å². The standard InChI is InChI=1S/C16H22O2.C14H18ClNO3.C14H18O4.C11H10O6/c1-15(2,3)10-8-12(14(17)18)11-6-7-16(4,5)13(11)9-10;1-14(2,3)13(19)16-11(8-12(17)18)9-4-6-10(15)7-5-9;1-2-8-14(9-12(15)16,10-13(17)18)11-6-4-3-5-7-11;1-6(12)16-9-3-8(11(14)15)4-10(5-9)17-7(2)13/h8-9H,6-7H2,1-5H3,(H,17,18);4-7,11H,8H2,1-3H3,(H,16,19)(H,17,18);3-7H,2,8-10H2,1H3,(H,15,16)(H,17,18);3-5H,1-2H3,(H,14,15). The predicted octanol–water partition coefficient (Wildman–Crippen LogP) is 10.8. The number of carboxylic acids is 5. The van der Waals surface area contributed by atoms with Gasteiger partial charge in [-0.25, -0.2) is 9.59 Å². The van der Waals surface area contributed by atoms with E-state index in [1.54, 1.807) is 45.0 Å². The highest BCUT2D eigenvalue weighted by Gasteiger charge is 2.37. The smallest absolute Gasteiger partial charge is 0.335 e. The molecule has 6 N–H and O–H groups in total. The fraction of sp³-hybridized carbons (Fsp3) is 0.418. The van der Waals surface area contributed by atoms with Crippen LogP contribution in [0.25, 0.3) is 0 Å². The van der Waals surface area contributed by atoms with Gasteiger partial charge < -0.3 is 40.3 Å². The van der Waals surface area contributed by atoms with Crippen LogP contribution in [0, 0.1) is 5.41 Å². The number of amides is 1. The summed E-state index contributed by atoms with van der Waals surface area (Å²) in [5, 5.41) is 48.6. The van der Waals surface area contributed by atoms with Crippen LogP contribution in [0.3, 0.4) is 0 Å². The molecule has 1 aliphatic carbocycles. The first-order chi connectivity index (χ1) is 33.2. The van der Waals surface area contributed by atoms with Crippen molar-refractivity contribution in [2.24, 2.45) is 5.41 Å². The van der Waals surface area contributed by atoms with E-state index in [0.717, 1.165) is 53.6 Å². The van der Waals surface area contributed by atoms with Crippen molar-refractivity contribution in [2.45, 2.75) is 143 Å². The molecule has 17 heteroatoms. The minimum absolute atomic E-state index is 0.00801. The normalized spacial score (nSPS) is 12.8. The number of hydrogen-bond donors (Lipinski definition) is 6. The Hall–Kier alpha value is -7.07. The lowest BCUT2D eigenvalue weighted by atomic mass is 9.72. The van der Waals surface area contributed by atoms with Gasteiger partial charge in [0.05, 0.1) is 36.4 Å². The molecule has 16 nitrogen and oxygen atoms in total. The second-order valence-corrected chi connectivity index (χ2v) is 20.6. The summed E-state index contributed by atoms with van der Waals surface area (Å²) >= 11 is 5.80. The average molecular weight is 1020 g/mol.